The van der Waals surface area contributed by atoms with Gasteiger partial charge in [-0.15, -0.1) is 11.6 Å². The van der Waals surface area contributed by atoms with E-state index in [9.17, 15) is 0 Å². The number of rotatable bonds is 2. The molecule has 2 aromatic rings. The second-order valence-corrected chi connectivity index (χ2v) is 6.99. The monoisotopic (exact) mass is 400 g/mol. The Labute approximate surface area is 136 Å². The van der Waals surface area contributed by atoms with Gasteiger partial charge in [-0.05, 0) is 60.7 Å². The largest absolute Gasteiger partial charge is 0.113 e. The lowest BCUT2D eigenvalue weighted by Crippen LogP contribution is -1.99. The van der Waals surface area contributed by atoms with Gasteiger partial charge in [-0.3, -0.25) is 0 Å². The molecule has 2 rings (SSSR count). The van der Waals surface area contributed by atoms with Crippen LogP contribution in [-0.4, -0.2) is 0 Å². The Morgan fingerprint density at radius 2 is 1.53 bits per heavy atom. The third kappa shape index (κ3) is 3.24. The quantitative estimate of drug-likeness (QED) is 0.505. The molecule has 1 atom stereocenters. The summed E-state index contributed by atoms with van der Waals surface area (Å²) in [7, 11) is 0. The molecule has 3 heteroatoms. The van der Waals surface area contributed by atoms with Crippen LogP contribution in [0, 0.1) is 20.8 Å². The molecule has 0 heterocycles. The third-order valence-corrected chi connectivity index (χ3v) is 5.26. The fourth-order valence-corrected chi connectivity index (χ4v) is 3.82. The lowest BCUT2D eigenvalue weighted by molar-refractivity contribution is 1.09. The number of alkyl halides is 1. The summed E-state index contributed by atoms with van der Waals surface area (Å²) in [5.74, 6) is 0. The zero-order chi connectivity index (χ0) is 14.2. The molecule has 0 aliphatic heterocycles. The van der Waals surface area contributed by atoms with E-state index in [4.69, 9.17) is 11.6 Å². The maximum Gasteiger partial charge on any atom is 0.0848 e. The first-order chi connectivity index (χ1) is 8.90. The molecule has 0 aromatic heterocycles. The fourth-order valence-electron chi connectivity index (χ4n) is 2.08. The van der Waals surface area contributed by atoms with Crippen molar-refractivity contribution in [1.82, 2.24) is 0 Å². The summed E-state index contributed by atoms with van der Waals surface area (Å²) in [4.78, 5) is 0. The Bertz CT molecular complexity index is 620. The molecule has 1 unspecified atom stereocenters. The lowest BCUT2D eigenvalue weighted by Gasteiger charge is -2.17. The predicted molar refractivity (Wildman–Crippen MR) is 90.2 cm³/mol. The van der Waals surface area contributed by atoms with Crippen LogP contribution in [-0.2, 0) is 0 Å². The van der Waals surface area contributed by atoms with Gasteiger partial charge in [0.25, 0.3) is 0 Å². The van der Waals surface area contributed by atoms with Gasteiger partial charge in [-0.2, -0.15) is 0 Å². The number of aryl methyl sites for hydroxylation is 3. The molecule has 0 N–H and O–H groups in total. The molecule has 0 aliphatic rings. The summed E-state index contributed by atoms with van der Waals surface area (Å²) >= 11 is 13.8. The van der Waals surface area contributed by atoms with E-state index in [0.717, 1.165) is 20.1 Å². The highest BCUT2D eigenvalue weighted by atomic mass is 79.9. The van der Waals surface area contributed by atoms with Crippen LogP contribution >= 0.6 is 43.5 Å². The van der Waals surface area contributed by atoms with Crippen molar-refractivity contribution in [3.05, 3.63) is 67.1 Å². The van der Waals surface area contributed by atoms with Crippen molar-refractivity contribution in [3.8, 4) is 0 Å². The minimum absolute atomic E-state index is 0.137. The zero-order valence-corrected chi connectivity index (χ0v) is 15.0. The molecule has 0 saturated heterocycles. The molecule has 19 heavy (non-hydrogen) atoms. The Kier molecular flexibility index (Phi) is 4.75. The van der Waals surface area contributed by atoms with E-state index in [2.05, 4.69) is 83.0 Å². The molecule has 0 radical (unpaired) electrons. The van der Waals surface area contributed by atoms with Crippen LogP contribution in [0.25, 0.3) is 0 Å². The molecule has 0 spiro atoms. The van der Waals surface area contributed by atoms with Crippen LogP contribution in [0.15, 0.2) is 39.3 Å². The van der Waals surface area contributed by atoms with Gasteiger partial charge in [0.2, 0.25) is 0 Å². The normalized spacial score (nSPS) is 12.5. The van der Waals surface area contributed by atoms with Gasteiger partial charge in [0.15, 0.2) is 0 Å². The molecule has 0 aliphatic carbocycles. The molecule has 0 nitrogen and oxygen atoms in total. The summed E-state index contributed by atoms with van der Waals surface area (Å²) in [6, 6.07) is 10.6. The average molecular weight is 403 g/mol. The molecule has 2 aromatic carbocycles. The van der Waals surface area contributed by atoms with Crippen LogP contribution in [0.4, 0.5) is 0 Å². The zero-order valence-electron chi connectivity index (χ0n) is 11.1. The summed E-state index contributed by atoms with van der Waals surface area (Å²) in [6.07, 6.45) is 0. The number of hydrogen-bond donors (Lipinski definition) is 0. The van der Waals surface area contributed by atoms with Gasteiger partial charge < -0.3 is 0 Å². The lowest BCUT2D eigenvalue weighted by atomic mass is 9.97. The molecule has 0 saturated carbocycles. The maximum atomic E-state index is 6.67. The molecule has 100 valence electrons. The SMILES string of the molecule is Cc1ccc(C(Cl)c2cc(C)c(Br)cc2C)c(Br)c1. The molecule has 0 fully saturated rings. The molecular weight excluding hydrogens is 387 g/mol. The first-order valence-corrected chi connectivity index (χ1v) is 8.09. The summed E-state index contributed by atoms with van der Waals surface area (Å²) in [6.45, 7) is 6.25. The van der Waals surface area contributed by atoms with Gasteiger partial charge in [-0.25, -0.2) is 0 Å². The van der Waals surface area contributed by atoms with Crippen molar-refractivity contribution >= 4 is 43.5 Å². The van der Waals surface area contributed by atoms with Crippen LogP contribution in [0.3, 0.4) is 0 Å². The van der Waals surface area contributed by atoms with Crippen molar-refractivity contribution in [1.29, 1.82) is 0 Å². The van der Waals surface area contributed by atoms with E-state index >= 15 is 0 Å². The highest BCUT2D eigenvalue weighted by molar-refractivity contribution is 9.10. The van der Waals surface area contributed by atoms with E-state index in [0.29, 0.717) is 0 Å². The second kappa shape index (κ2) is 5.99. The Morgan fingerprint density at radius 3 is 2.16 bits per heavy atom. The maximum absolute atomic E-state index is 6.67. The van der Waals surface area contributed by atoms with Crippen LogP contribution in [0.1, 0.15) is 33.2 Å². The van der Waals surface area contributed by atoms with E-state index < -0.39 is 0 Å². The van der Waals surface area contributed by atoms with E-state index in [-0.39, 0.29) is 5.38 Å². The number of halogens is 3. The standard InChI is InChI=1S/C16H15Br2Cl/c1-9-4-5-12(15(18)6-9)16(19)13-7-11(3)14(17)8-10(13)2/h4-8,16H,1-3H3. The topological polar surface area (TPSA) is 0 Å². The highest BCUT2D eigenvalue weighted by Gasteiger charge is 2.17. The van der Waals surface area contributed by atoms with Gasteiger partial charge in [-0.1, -0.05) is 50.1 Å². The van der Waals surface area contributed by atoms with E-state index in [1.807, 2.05) is 0 Å². The van der Waals surface area contributed by atoms with Crippen molar-refractivity contribution in [2.45, 2.75) is 26.1 Å². The average Bonchev–Trinajstić information content (AvgIpc) is 2.33. The van der Waals surface area contributed by atoms with E-state index in [1.165, 1.54) is 16.7 Å². The minimum atomic E-state index is -0.137. The summed E-state index contributed by atoms with van der Waals surface area (Å²) < 4.78 is 2.19. The third-order valence-electron chi connectivity index (χ3n) is 3.25. The Balaban J connectivity index is 2.49. The van der Waals surface area contributed by atoms with Crippen molar-refractivity contribution in [2.75, 3.05) is 0 Å². The summed E-state index contributed by atoms with van der Waals surface area (Å²) in [5.41, 5.74) is 5.90. The number of benzene rings is 2. The van der Waals surface area contributed by atoms with Gasteiger partial charge in [0.1, 0.15) is 0 Å². The molecule has 0 bridgehead atoms. The van der Waals surface area contributed by atoms with Gasteiger partial charge >= 0.3 is 0 Å². The Morgan fingerprint density at radius 1 is 0.842 bits per heavy atom. The minimum Gasteiger partial charge on any atom is -0.113 e. The Hall–Kier alpha value is -0.310. The molecule has 0 amide bonds. The van der Waals surface area contributed by atoms with Crippen molar-refractivity contribution < 1.29 is 0 Å². The van der Waals surface area contributed by atoms with Crippen LogP contribution in [0.2, 0.25) is 0 Å². The first-order valence-electron chi connectivity index (χ1n) is 6.07. The second-order valence-electron chi connectivity index (χ2n) is 4.85. The van der Waals surface area contributed by atoms with Crippen LogP contribution < -0.4 is 0 Å². The predicted octanol–water partition coefficient (Wildman–Crippen LogP) is 6.47. The first kappa shape index (κ1) is 15.1. The molecular formula is C16H15Br2Cl. The van der Waals surface area contributed by atoms with Crippen molar-refractivity contribution in [2.24, 2.45) is 0 Å². The number of hydrogen-bond acceptors (Lipinski definition) is 0. The smallest absolute Gasteiger partial charge is 0.0848 e. The van der Waals surface area contributed by atoms with Crippen LogP contribution in [0.5, 0.6) is 0 Å². The van der Waals surface area contributed by atoms with E-state index in [1.54, 1.807) is 0 Å². The van der Waals surface area contributed by atoms with Gasteiger partial charge in [0, 0.05) is 8.95 Å². The highest BCUT2D eigenvalue weighted by Crippen LogP contribution is 2.37. The summed E-state index contributed by atoms with van der Waals surface area (Å²) in [5, 5.41) is -0.137. The van der Waals surface area contributed by atoms with Gasteiger partial charge in [0.05, 0.1) is 5.38 Å². The fraction of sp³-hybridized carbons (Fsp3) is 0.250. The van der Waals surface area contributed by atoms with Crippen molar-refractivity contribution in [3.63, 3.8) is 0 Å².